The molecular weight excluding hydrogens is 271 g/mol. The summed E-state index contributed by atoms with van der Waals surface area (Å²) in [4.78, 5) is 12.7. The summed E-state index contributed by atoms with van der Waals surface area (Å²) in [6.07, 6.45) is 0. The van der Waals surface area contributed by atoms with Gasteiger partial charge in [-0.15, -0.1) is 0 Å². The van der Waals surface area contributed by atoms with Crippen LogP contribution in [0.5, 0.6) is 5.75 Å². The van der Waals surface area contributed by atoms with Crippen molar-refractivity contribution in [3.05, 3.63) is 59.5 Å². The average molecular weight is 284 g/mol. The summed E-state index contributed by atoms with van der Waals surface area (Å²) in [6, 6.07) is 11.3. The Morgan fingerprint density at radius 2 is 2.00 bits per heavy atom. The van der Waals surface area contributed by atoms with Gasteiger partial charge in [-0.2, -0.15) is 5.10 Å². The molecule has 0 bridgehead atoms. The number of hydrogen-bond donors (Lipinski definition) is 0. The average Bonchev–Trinajstić information content (AvgIpc) is 2.84. The number of ketones is 1. The van der Waals surface area contributed by atoms with Crippen molar-refractivity contribution in [2.75, 3.05) is 7.11 Å². The van der Waals surface area contributed by atoms with Gasteiger partial charge in [-0.05, 0) is 24.3 Å². The Balaban J connectivity index is 2.20. The molecule has 4 nitrogen and oxygen atoms in total. The lowest BCUT2D eigenvalue weighted by molar-refractivity contribution is 0.103. The van der Waals surface area contributed by atoms with Crippen LogP contribution in [-0.4, -0.2) is 22.7 Å². The molecule has 0 N–H and O–H groups in total. The van der Waals surface area contributed by atoms with Crippen molar-refractivity contribution in [2.24, 2.45) is 7.05 Å². The molecule has 2 aromatic carbocycles. The number of aryl methyl sites for hydroxylation is 1. The molecule has 0 fully saturated rings. The molecule has 0 aliphatic heterocycles. The van der Waals surface area contributed by atoms with Crippen molar-refractivity contribution in [3.8, 4) is 5.75 Å². The molecule has 0 saturated heterocycles. The second kappa shape index (κ2) is 5.01. The van der Waals surface area contributed by atoms with Crippen molar-refractivity contribution < 1.29 is 13.9 Å². The Kier molecular flexibility index (Phi) is 3.17. The molecule has 3 aromatic rings. The van der Waals surface area contributed by atoms with Crippen molar-refractivity contribution in [2.45, 2.75) is 0 Å². The number of carbonyl (C=O) groups is 1. The Labute approximate surface area is 120 Å². The van der Waals surface area contributed by atoms with E-state index < -0.39 is 5.82 Å². The molecule has 1 heterocycles. The fraction of sp³-hybridized carbons (Fsp3) is 0.125. The SMILES string of the molecule is COc1ccc(F)cc1C(=O)c1nn(C)c2ccccc12. The molecule has 3 rings (SSSR count). The van der Waals surface area contributed by atoms with E-state index in [4.69, 9.17) is 4.74 Å². The van der Waals surface area contributed by atoms with E-state index >= 15 is 0 Å². The zero-order valence-corrected chi connectivity index (χ0v) is 11.6. The van der Waals surface area contributed by atoms with Gasteiger partial charge >= 0.3 is 0 Å². The normalized spacial score (nSPS) is 10.8. The van der Waals surface area contributed by atoms with E-state index in [9.17, 15) is 9.18 Å². The summed E-state index contributed by atoms with van der Waals surface area (Å²) in [5.74, 6) is -0.515. The maximum Gasteiger partial charge on any atom is 0.217 e. The van der Waals surface area contributed by atoms with Gasteiger partial charge in [-0.25, -0.2) is 4.39 Å². The van der Waals surface area contributed by atoms with Gasteiger partial charge < -0.3 is 4.74 Å². The van der Waals surface area contributed by atoms with Crippen LogP contribution < -0.4 is 4.74 Å². The van der Waals surface area contributed by atoms with Crippen molar-refractivity contribution in [1.29, 1.82) is 0 Å². The topological polar surface area (TPSA) is 44.1 Å². The number of aromatic nitrogens is 2. The fourth-order valence-electron chi connectivity index (χ4n) is 2.37. The Morgan fingerprint density at radius 1 is 1.24 bits per heavy atom. The van der Waals surface area contributed by atoms with Gasteiger partial charge in [-0.3, -0.25) is 9.48 Å². The third kappa shape index (κ3) is 2.16. The summed E-state index contributed by atoms with van der Waals surface area (Å²) >= 11 is 0. The maximum atomic E-state index is 13.4. The lowest BCUT2D eigenvalue weighted by Gasteiger charge is -2.06. The van der Waals surface area contributed by atoms with Crippen LogP contribution in [0.3, 0.4) is 0 Å². The van der Waals surface area contributed by atoms with Crippen LogP contribution in [0.2, 0.25) is 0 Å². The first kappa shape index (κ1) is 13.3. The van der Waals surface area contributed by atoms with Gasteiger partial charge in [0.15, 0.2) is 0 Å². The molecule has 21 heavy (non-hydrogen) atoms. The number of methoxy groups -OCH3 is 1. The van der Waals surface area contributed by atoms with Gasteiger partial charge in [0, 0.05) is 12.4 Å². The Morgan fingerprint density at radius 3 is 2.76 bits per heavy atom. The Bertz CT molecular complexity index is 839. The quantitative estimate of drug-likeness (QED) is 0.695. The second-order valence-corrected chi connectivity index (χ2v) is 4.66. The van der Waals surface area contributed by atoms with Gasteiger partial charge in [-0.1, -0.05) is 18.2 Å². The molecule has 0 radical (unpaired) electrons. The smallest absolute Gasteiger partial charge is 0.217 e. The number of fused-ring (bicyclic) bond motifs is 1. The van der Waals surface area contributed by atoms with Crippen LogP contribution in [-0.2, 0) is 7.05 Å². The molecule has 0 amide bonds. The molecule has 0 aliphatic rings. The second-order valence-electron chi connectivity index (χ2n) is 4.66. The third-order valence-corrected chi connectivity index (χ3v) is 3.38. The first-order chi connectivity index (χ1) is 10.1. The zero-order chi connectivity index (χ0) is 15.0. The number of para-hydroxylation sites is 1. The molecule has 0 unspecified atom stereocenters. The van der Waals surface area contributed by atoms with Crippen LogP contribution >= 0.6 is 0 Å². The summed E-state index contributed by atoms with van der Waals surface area (Å²) in [5, 5.41) is 4.99. The molecule has 5 heteroatoms. The predicted octanol–water partition coefficient (Wildman–Crippen LogP) is 2.95. The number of hydrogen-bond acceptors (Lipinski definition) is 3. The standard InChI is InChI=1S/C16H13FN2O2/c1-19-13-6-4-3-5-11(13)15(18-19)16(20)12-9-10(17)7-8-14(12)21-2/h3-9H,1-2H3. The summed E-state index contributed by atoms with van der Waals surface area (Å²) in [6.45, 7) is 0. The first-order valence-electron chi connectivity index (χ1n) is 6.42. The number of benzene rings is 2. The van der Waals surface area contributed by atoms with E-state index in [-0.39, 0.29) is 17.0 Å². The molecular formula is C16H13FN2O2. The van der Waals surface area contributed by atoms with Crippen LogP contribution in [0.25, 0.3) is 10.9 Å². The van der Waals surface area contributed by atoms with Crippen LogP contribution in [0.4, 0.5) is 4.39 Å². The lowest BCUT2D eigenvalue weighted by Crippen LogP contribution is -2.06. The van der Waals surface area contributed by atoms with Crippen LogP contribution in [0, 0.1) is 5.82 Å². The van der Waals surface area contributed by atoms with Crippen molar-refractivity contribution in [1.82, 2.24) is 9.78 Å². The highest BCUT2D eigenvalue weighted by atomic mass is 19.1. The lowest BCUT2D eigenvalue weighted by atomic mass is 10.0. The number of nitrogens with zero attached hydrogens (tertiary/aromatic N) is 2. The van der Waals surface area contributed by atoms with Crippen LogP contribution in [0.1, 0.15) is 16.1 Å². The van der Waals surface area contributed by atoms with E-state index in [0.717, 1.165) is 10.9 Å². The first-order valence-corrected chi connectivity index (χ1v) is 6.42. The highest BCUT2D eigenvalue weighted by molar-refractivity contribution is 6.16. The minimum absolute atomic E-state index is 0.168. The summed E-state index contributed by atoms with van der Waals surface area (Å²) < 4.78 is 20.2. The molecule has 106 valence electrons. The van der Waals surface area contributed by atoms with E-state index in [1.54, 1.807) is 11.7 Å². The highest BCUT2D eigenvalue weighted by Gasteiger charge is 2.21. The van der Waals surface area contributed by atoms with Gasteiger partial charge in [0.25, 0.3) is 0 Å². The molecule has 1 aromatic heterocycles. The predicted molar refractivity (Wildman–Crippen MR) is 77.1 cm³/mol. The molecule has 0 atom stereocenters. The number of ether oxygens (including phenoxy) is 1. The minimum Gasteiger partial charge on any atom is -0.496 e. The molecule has 0 saturated carbocycles. The van der Waals surface area contributed by atoms with E-state index in [2.05, 4.69) is 5.10 Å². The molecule has 0 spiro atoms. The molecule has 0 aliphatic carbocycles. The fourth-order valence-corrected chi connectivity index (χ4v) is 2.37. The minimum atomic E-state index is -0.487. The van der Waals surface area contributed by atoms with Crippen molar-refractivity contribution in [3.63, 3.8) is 0 Å². The van der Waals surface area contributed by atoms with Crippen LogP contribution in [0.15, 0.2) is 42.5 Å². The highest BCUT2D eigenvalue weighted by Crippen LogP contribution is 2.26. The van der Waals surface area contributed by atoms with Gasteiger partial charge in [0.1, 0.15) is 17.3 Å². The summed E-state index contributed by atoms with van der Waals surface area (Å²) in [5.41, 5.74) is 1.30. The number of rotatable bonds is 3. The monoisotopic (exact) mass is 284 g/mol. The zero-order valence-electron chi connectivity index (χ0n) is 11.6. The summed E-state index contributed by atoms with van der Waals surface area (Å²) in [7, 11) is 3.21. The number of halogens is 1. The largest absolute Gasteiger partial charge is 0.496 e. The van der Waals surface area contributed by atoms with Crippen molar-refractivity contribution >= 4 is 16.7 Å². The van der Waals surface area contributed by atoms with Gasteiger partial charge in [0.05, 0.1) is 18.2 Å². The van der Waals surface area contributed by atoms with Gasteiger partial charge in [0.2, 0.25) is 5.78 Å². The Hall–Kier alpha value is -2.69. The van der Waals surface area contributed by atoms with E-state index in [1.165, 1.54) is 25.3 Å². The maximum absolute atomic E-state index is 13.4. The van der Waals surface area contributed by atoms with E-state index in [1.807, 2.05) is 24.3 Å². The third-order valence-electron chi connectivity index (χ3n) is 3.38. The number of carbonyl (C=O) groups excluding carboxylic acids is 1. The van der Waals surface area contributed by atoms with E-state index in [0.29, 0.717) is 5.75 Å².